The topological polar surface area (TPSA) is 51.6 Å². The van der Waals surface area contributed by atoms with E-state index >= 15 is 0 Å². The molecular weight excluding hydrogens is 753 g/mol. The van der Waals surface area contributed by atoms with Gasteiger partial charge in [-0.05, 0) is 83.9 Å². The summed E-state index contributed by atoms with van der Waals surface area (Å²) in [6.07, 6.45) is 3.80. The highest BCUT2D eigenvalue weighted by molar-refractivity contribution is 6.08. The number of nitrogens with zero attached hydrogens (tertiary/aromatic N) is 4. The molecule has 0 radical (unpaired) electrons. The third kappa shape index (κ3) is 7.31. The molecule has 0 aliphatic rings. The van der Waals surface area contributed by atoms with Gasteiger partial charge >= 0.3 is 0 Å². The molecular formula is C58H38N4. The van der Waals surface area contributed by atoms with Gasteiger partial charge in [0.1, 0.15) is 0 Å². The predicted molar refractivity (Wildman–Crippen MR) is 256 cm³/mol. The van der Waals surface area contributed by atoms with E-state index in [1.54, 1.807) is 0 Å². The summed E-state index contributed by atoms with van der Waals surface area (Å²) < 4.78 is 0. The molecule has 9 aromatic carbocycles. The molecule has 0 N–H and O–H groups in total. The van der Waals surface area contributed by atoms with Crippen LogP contribution in [0.3, 0.4) is 0 Å². The Labute approximate surface area is 360 Å². The molecule has 0 bridgehead atoms. The van der Waals surface area contributed by atoms with Crippen LogP contribution in [0, 0.1) is 0 Å². The van der Waals surface area contributed by atoms with E-state index in [1.807, 2.05) is 24.5 Å². The van der Waals surface area contributed by atoms with Crippen molar-refractivity contribution in [1.29, 1.82) is 0 Å². The fraction of sp³-hybridized carbons (Fsp3) is 0. The molecule has 0 saturated carbocycles. The van der Waals surface area contributed by atoms with Crippen LogP contribution in [0.25, 0.3) is 111 Å². The molecule has 0 fully saturated rings. The summed E-state index contributed by atoms with van der Waals surface area (Å²) in [5.74, 6) is 1.89. The Morgan fingerprint density at radius 1 is 0.226 bits per heavy atom. The van der Waals surface area contributed by atoms with Gasteiger partial charge in [0.05, 0.1) is 0 Å². The maximum absolute atomic E-state index is 5.04. The number of benzene rings is 9. The van der Waals surface area contributed by atoms with Gasteiger partial charge < -0.3 is 0 Å². The molecule has 62 heavy (non-hydrogen) atoms. The summed E-state index contributed by atoms with van der Waals surface area (Å²) in [4.78, 5) is 19.5. The van der Waals surface area contributed by atoms with E-state index in [-0.39, 0.29) is 0 Å². The molecule has 0 spiro atoms. The molecule has 0 aliphatic heterocycles. The van der Waals surface area contributed by atoms with Crippen molar-refractivity contribution in [3.63, 3.8) is 0 Å². The smallest absolute Gasteiger partial charge is 0.164 e. The van der Waals surface area contributed by atoms with Gasteiger partial charge in [-0.25, -0.2) is 15.0 Å². The van der Waals surface area contributed by atoms with Gasteiger partial charge in [-0.2, -0.15) is 0 Å². The molecule has 290 valence electrons. The summed E-state index contributed by atoms with van der Waals surface area (Å²) in [5, 5.41) is 4.83. The second-order valence-corrected chi connectivity index (χ2v) is 15.5. The highest BCUT2D eigenvalue weighted by atomic mass is 15.0. The Bertz CT molecular complexity index is 3230. The van der Waals surface area contributed by atoms with Gasteiger partial charge in [0, 0.05) is 34.5 Å². The van der Waals surface area contributed by atoms with Crippen molar-refractivity contribution < 1.29 is 0 Å². The van der Waals surface area contributed by atoms with E-state index in [1.165, 1.54) is 54.9 Å². The zero-order chi connectivity index (χ0) is 41.2. The zero-order valence-electron chi connectivity index (χ0n) is 33.7. The van der Waals surface area contributed by atoms with Crippen LogP contribution < -0.4 is 0 Å². The van der Waals surface area contributed by atoms with Crippen molar-refractivity contribution in [1.82, 2.24) is 19.9 Å². The highest BCUT2D eigenvalue weighted by Gasteiger charge is 2.14. The van der Waals surface area contributed by atoms with Crippen molar-refractivity contribution in [3.05, 3.63) is 231 Å². The average Bonchev–Trinajstić information content (AvgIpc) is 3.37. The van der Waals surface area contributed by atoms with Crippen molar-refractivity contribution in [2.45, 2.75) is 0 Å². The van der Waals surface area contributed by atoms with Crippen molar-refractivity contribution in [3.8, 4) is 89.8 Å². The second-order valence-electron chi connectivity index (χ2n) is 15.5. The third-order valence-electron chi connectivity index (χ3n) is 11.7. The van der Waals surface area contributed by atoms with E-state index in [0.29, 0.717) is 17.5 Å². The number of aromatic nitrogens is 4. The van der Waals surface area contributed by atoms with Gasteiger partial charge in [-0.1, -0.05) is 206 Å². The van der Waals surface area contributed by atoms with E-state index in [2.05, 4.69) is 211 Å². The minimum atomic E-state index is 0.629. The number of hydrogen-bond donors (Lipinski definition) is 0. The minimum absolute atomic E-state index is 0.629. The van der Waals surface area contributed by atoms with Crippen LogP contribution in [-0.2, 0) is 0 Å². The molecule has 0 unspecified atom stereocenters. The lowest BCUT2D eigenvalue weighted by Gasteiger charge is -2.11. The molecule has 0 aliphatic carbocycles. The lowest BCUT2D eigenvalue weighted by Crippen LogP contribution is -2.00. The number of pyridine rings is 1. The SMILES string of the molecule is c1ccc(-c2ccc(-c3nc(-c4ccc(-c5ccccc5)cc4)nc(-c4ccc(-c5ccc(-c6ccc(-c7ccc8c(ccc9ccncc98)c7)cc6)cc5)cc4)n3)cc2)cc1. The first-order valence-corrected chi connectivity index (χ1v) is 20.8. The Morgan fingerprint density at radius 2 is 0.548 bits per heavy atom. The van der Waals surface area contributed by atoms with Crippen LogP contribution in [-0.4, -0.2) is 19.9 Å². The van der Waals surface area contributed by atoms with Gasteiger partial charge in [-0.15, -0.1) is 0 Å². The van der Waals surface area contributed by atoms with Gasteiger partial charge in [-0.3, -0.25) is 4.98 Å². The van der Waals surface area contributed by atoms with Gasteiger partial charge in [0.15, 0.2) is 17.5 Å². The van der Waals surface area contributed by atoms with Crippen LogP contribution >= 0.6 is 0 Å². The molecule has 11 aromatic rings. The second kappa shape index (κ2) is 16.0. The monoisotopic (exact) mass is 790 g/mol. The summed E-state index contributed by atoms with van der Waals surface area (Å²) in [6.45, 7) is 0. The van der Waals surface area contributed by atoms with Gasteiger partial charge in [0.25, 0.3) is 0 Å². The van der Waals surface area contributed by atoms with E-state index in [9.17, 15) is 0 Å². The molecule has 0 saturated heterocycles. The Balaban J connectivity index is 0.855. The largest absolute Gasteiger partial charge is 0.264 e. The summed E-state index contributed by atoms with van der Waals surface area (Å²) in [6, 6.07) is 76.9. The van der Waals surface area contributed by atoms with Crippen LogP contribution in [0.1, 0.15) is 0 Å². The first-order chi connectivity index (χ1) is 30.7. The van der Waals surface area contributed by atoms with Crippen LogP contribution in [0.4, 0.5) is 0 Å². The summed E-state index contributed by atoms with van der Waals surface area (Å²) >= 11 is 0. The molecule has 0 atom stereocenters. The lowest BCUT2D eigenvalue weighted by molar-refractivity contribution is 1.07. The van der Waals surface area contributed by atoms with Crippen LogP contribution in [0.15, 0.2) is 231 Å². The first kappa shape index (κ1) is 36.7. The molecule has 2 heterocycles. The number of hydrogen-bond acceptors (Lipinski definition) is 4. The van der Waals surface area contributed by atoms with Crippen LogP contribution in [0.5, 0.6) is 0 Å². The molecule has 2 aromatic heterocycles. The fourth-order valence-electron chi connectivity index (χ4n) is 8.25. The standard InChI is InChI=1S/C58H38N4/c1-3-7-39(8-4-1)41-19-26-49(27-20-41)56-60-57(50-28-21-42(22-29-50)40-9-5-2-6-10-40)62-58(61-56)51-30-23-46(24-31-51)44-13-11-43(12-14-44)45-15-17-47(18-16-45)52-33-34-54-53(37-52)32-25-48-35-36-59-38-55(48)54/h1-38H. The van der Waals surface area contributed by atoms with Crippen molar-refractivity contribution in [2.24, 2.45) is 0 Å². The molecule has 4 nitrogen and oxygen atoms in total. The highest BCUT2D eigenvalue weighted by Crippen LogP contribution is 2.33. The fourth-order valence-corrected chi connectivity index (χ4v) is 8.25. The quantitative estimate of drug-likeness (QED) is 0.144. The van der Waals surface area contributed by atoms with E-state index < -0.39 is 0 Å². The first-order valence-electron chi connectivity index (χ1n) is 20.8. The van der Waals surface area contributed by atoms with Gasteiger partial charge in [0.2, 0.25) is 0 Å². The Hall–Kier alpha value is -8.34. The summed E-state index contributed by atoms with van der Waals surface area (Å²) in [5.41, 5.74) is 14.4. The van der Waals surface area contributed by atoms with Crippen molar-refractivity contribution in [2.75, 3.05) is 0 Å². The summed E-state index contributed by atoms with van der Waals surface area (Å²) in [7, 11) is 0. The maximum Gasteiger partial charge on any atom is 0.164 e. The molecule has 11 rings (SSSR count). The Kier molecular flexibility index (Phi) is 9.49. The maximum atomic E-state index is 5.04. The zero-order valence-corrected chi connectivity index (χ0v) is 33.7. The van der Waals surface area contributed by atoms with Crippen molar-refractivity contribution >= 4 is 21.5 Å². The minimum Gasteiger partial charge on any atom is -0.264 e. The predicted octanol–water partition coefficient (Wildman–Crippen LogP) is 14.9. The Morgan fingerprint density at radius 3 is 0.952 bits per heavy atom. The molecule has 0 amide bonds. The average molecular weight is 791 g/mol. The lowest BCUT2D eigenvalue weighted by atomic mass is 9.96. The normalized spacial score (nSPS) is 11.2. The number of rotatable bonds is 8. The molecule has 4 heteroatoms. The third-order valence-corrected chi connectivity index (χ3v) is 11.7. The number of fused-ring (bicyclic) bond motifs is 3. The van der Waals surface area contributed by atoms with Crippen LogP contribution in [0.2, 0.25) is 0 Å². The van der Waals surface area contributed by atoms with E-state index in [4.69, 9.17) is 15.0 Å². The van der Waals surface area contributed by atoms with E-state index in [0.717, 1.165) is 38.9 Å².